The maximum absolute atomic E-state index is 12.6. The number of nitrogens with zero attached hydrogens (tertiary/aromatic N) is 2. The highest BCUT2D eigenvalue weighted by molar-refractivity contribution is 7.86. The van der Waals surface area contributed by atoms with Crippen LogP contribution in [0.15, 0.2) is 48.5 Å². The van der Waals surface area contributed by atoms with Gasteiger partial charge >= 0.3 is 10.1 Å². The van der Waals surface area contributed by atoms with Gasteiger partial charge < -0.3 is 19.3 Å². The molecule has 1 amide bonds. The Morgan fingerprint density at radius 2 is 1.86 bits per heavy atom. The fourth-order valence-corrected chi connectivity index (χ4v) is 6.52. The van der Waals surface area contributed by atoms with Crippen molar-refractivity contribution >= 4 is 16.0 Å². The zero-order valence-corrected chi connectivity index (χ0v) is 22.8. The zero-order valence-electron chi connectivity index (χ0n) is 22.0. The van der Waals surface area contributed by atoms with Crippen molar-refractivity contribution in [2.75, 3.05) is 39.3 Å². The minimum atomic E-state index is -3.73. The molecule has 7 nitrogen and oxygen atoms in total. The molecular weight excluding hydrogens is 486 g/mol. The van der Waals surface area contributed by atoms with E-state index in [9.17, 15) is 13.2 Å². The van der Waals surface area contributed by atoms with Crippen LogP contribution in [0.25, 0.3) is 0 Å². The number of hydrogen-bond donors (Lipinski definition) is 1. The third kappa shape index (κ3) is 8.28. The van der Waals surface area contributed by atoms with E-state index >= 15 is 0 Å². The number of hydrogen-bond acceptors (Lipinski definition) is 6. The molecule has 37 heavy (non-hydrogen) atoms. The number of fused-ring (bicyclic) bond motifs is 1. The standard InChI is InChI=1S/C29H41N3O4S/c1-2-17-31(18-6-7-19-32-20-16-30-15-14-29(32)33)27-12-10-25-11-13-28(22-26(25)21-27)36-37(34,35)23-24-8-4-3-5-9-24/h3-5,8-9,11,13,22,27,30H,2,6-7,10,12,14-21,23H2,1H3. The SMILES string of the molecule is CCCN(CCCCN1CCNCCC1=O)C1CCc2ccc(OS(=O)(=O)Cc3ccccc3)cc2C1. The number of rotatable bonds is 12. The summed E-state index contributed by atoms with van der Waals surface area (Å²) in [5.74, 6) is 0.522. The summed E-state index contributed by atoms with van der Waals surface area (Å²) in [6, 6.07) is 15.3. The van der Waals surface area contributed by atoms with Crippen molar-refractivity contribution in [2.24, 2.45) is 0 Å². The number of unbranched alkanes of at least 4 members (excludes halogenated alkanes) is 1. The predicted molar refractivity (Wildman–Crippen MR) is 147 cm³/mol. The van der Waals surface area contributed by atoms with E-state index in [2.05, 4.69) is 17.1 Å². The van der Waals surface area contributed by atoms with Gasteiger partial charge in [0.25, 0.3) is 0 Å². The summed E-state index contributed by atoms with van der Waals surface area (Å²) in [6.07, 6.45) is 6.79. The maximum atomic E-state index is 12.6. The van der Waals surface area contributed by atoms with Crippen LogP contribution in [-0.2, 0) is 33.5 Å². The van der Waals surface area contributed by atoms with E-state index in [-0.39, 0.29) is 11.7 Å². The molecule has 1 atom stereocenters. The fraction of sp³-hybridized carbons (Fsp3) is 0.552. The van der Waals surface area contributed by atoms with E-state index in [4.69, 9.17) is 4.18 Å². The number of carbonyl (C=O) groups excluding carboxylic acids is 1. The van der Waals surface area contributed by atoms with Crippen LogP contribution in [0.4, 0.5) is 0 Å². The molecule has 0 spiro atoms. The highest BCUT2D eigenvalue weighted by Crippen LogP contribution is 2.29. The number of carbonyl (C=O) groups is 1. The van der Waals surface area contributed by atoms with E-state index in [1.54, 1.807) is 18.2 Å². The van der Waals surface area contributed by atoms with Gasteiger partial charge in [-0.15, -0.1) is 0 Å². The van der Waals surface area contributed by atoms with Crippen LogP contribution in [0.1, 0.15) is 55.7 Å². The van der Waals surface area contributed by atoms with Crippen LogP contribution in [0.2, 0.25) is 0 Å². The van der Waals surface area contributed by atoms with Gasteiger partial charge in [-0.05, 0) is 80.4 Å². The Labute approximate surface area is 222 Å². The molecule has 202 valence electrons. The average Bonchev–Trinajstić information content (AvgIpc) is 3.09. The lowest BCUT2D eigenvalue weighted by molar-refractivity contribution is -0.130. The van der Waals surface area contributed by atoms with Crippen LogP contribution in [0, 0.1) is 0 Å². The quantitative estimate of drug-likeness (QED) is 0.335. The highest BCUT2D eigenvalue weighted by Gasteiger charge is 2.25. The number of nitrogens with one attached hydrogen (secondary N) is 1. The van der Waals surface area contributed by atoms with E-state index in [1.165, 1.54) is 11.1 Å². The summed E-state index contributed by atoms with van der Waals surface area (Å²) in [5.41, 5.74) is 3.19. The van der Waals surface area contributed by atoms with Crippen LogP contribution in [-0.4, -0.2) is 69.4 Å². The number of amides is 1. The third-order valence-electron chi connectivity index (χ3n) is 7.37. The molecule has 2 aromatic carbocycles. The molecule has 4 rings (SSSR count). The molecule has 1 unspecified atom stereocenters. The summed E-state index contributed by atoms with van der Waals surface area (Å²) in [5, 5.41) is 3.30. The van der Waals surface area contributed by atoms with Gasteiger partial charge in [0, 0.05) is 38.6 Å². The average molecular weight is 528 g/mol. The fourth-order valence-electron chi connectivity index (χ4n) is 5.47. The van der Waals surface area contributed by atoms with E-state index < -0.39 is 10.1 Å². The minimum Gasteiger partial charge on any atom is -0.382 e. The normalized spacial score (nSPS) is 18.5. The molecule has 1 saturated heterocycles. The summed E-state index contributed by atoms with van der Waals surface area (Å²) < 4.78 is 30.8. The zero-order chi connectivity index (χ0) is 26.1. The topological polar surface area (TPSA) is 79.0 Å². The Kier molecular flexibility index (Phi) is 10.00. The van der Waals surface area contributed by atoms with Crippen molar-refractivity contribution in [2.45, 2.75) is 63.7 Å². The van der Waals surface area contributed by atoms with Gasteiger partial charge in [0.15, 0.2) is 0 Å². The van der Waals surface area contributed by atoms with Crippen LogP contribution < -0.4 is 9.50 Å². The predicted octanol–water partition coefficient (Wildman–Crippen LogP) is 3.77. The molecule has 1 aliphatic heterocycles. The van der Waals surface area contributed by atoms with Crippen molar-refractivity contribution in [1.82, 2.24) is 15.1 Å². The second kappa shape index (κ2) is 13.4. The Bertz CT molecular complexity index is 1120. The molecule has 0 bridgehead atoms. The van der Waals surface area contributed by atoms with E-state index in [1.807, 2.05) is 35.2 Å². The first-order valence-electron chi connectivity index (χ1n) is 13.7. The molecule has 1 aliphatic carbocycles. The summed E-state index contributed by atoms with van der Waals surface area (Å²) in [7, 11) is -3.73. The minimum absolute atomic E-state index is 0.142. The molecular formula is C29H41N3O4S. The molecule has 2 aromatic rings. The van der Waals surface area contributed by atoms with Crippen molar-refractivity contribution < 1.29 is 17.4 Å². The molecule has 2 aliphatic rings. The van der Waals surface area contributed by atoms with Gasteiger partial charge in [-0.2, -0.15) is 8.42 Å². The van der Waals surface area contributed by atoms with Crippen LogP contribution in [0.3, 0.4) is 0 Å². The van der Waals surface area contributed by atoms with Gasteiger partial charge in [-0.25, -0.2) is 0 Å². The maximum Gasteiger partial charge on any atom is 0.313 e. The number of benzene rings is 2. The summed E-state index contributed by atoms with van der Waals surface area (Å²) >= 11 is 0. The lowest BCUT2D eigenvalue weighted by Crippen LogP contribution is -2.41. The second-order valence-corrected chi connectivity index (χ2v) is 11.8. The van der Waals surface area contributed by atoms with Gasteiger partial charge in [0.2, 0.25) is 5.91 Å². The number of aryl methyl sites for hydroxylation is 1. The molecule has 1 heterocycles. The van der Waals surface area contributed by atoms with Gasteiger partial charge in [-0.1, -0.05) is 43.3 Å². The first-order valence-corrected chi connectivity index (χ1v) is 15.3. The smallest absolute Gasteiger partial charge is 0.313 e. The van der Waals surface area contributed by atoms with Crippen molar-refractivity contribution in [3.8, 4) is 5.75 Å². The molecule has 0 saturated carbocycles. The van der Waals surface area contributed by atoms with E-state index in [0.29, 0.717) is 23.8 Å². The monoisotopic (exact) mass is 527 g/mol. The van der Waals surface area contributed by atoms with Crippen LogP contribution in [0.5, 0.6) is 5.75 Å². The molecule has 0 aromatic heterocycles. The lowest BCUT2D eigenvalue weighted by atomic mass is 9.87. The lowest BCUT2D eigenvalue weighted by Gasteiger charge is -2.35. The van der Waals surface area contributed by atoms with Gasteiger partial charge in [-0.3, -0.25) is 4.79 Å². The first-order chi connectivity index (χ1) is 17.9. The van der Waals surface area contributed by atoms with Crippen molar-refractivity contribution in [3.63, 3.8) is 0 Å². The van der Waals surface area contributed by atoms with Gasteiger partial charge in [0.1, 0.15) is 11.5 Å². The Morgan fingerprint density at radius 3 is 2.68 bits per heavy atom. The Balaban J connectivity index is 1.32. The molecule has 8 heteroatoms. The highest BCUT2D eigenvalue weighted by atomic mass is 32.2. The summed E-state index contributed by atoms with van der Waals surface area (Å²) in [4.78, 5) is 16.8. The molecule has 0 radical (unpaired) electrons. The molecule has 1 fully saturated rings. The first kappa shape index (κ1) is 27.6. The second-order valence-electron chi connectivity index (χ2n) is 10.2. The Hall–Kier alpha value is -2.42. The third-order valence-corrected chi connectivity index (χ3v) is 8.50. The Morgan fingerprint density at radius 1 is 1.03 bits per heavy atom. The van der Waals surface area contributed by atoms with E-state index in [0.717, 1.165) is 77.8 Å². The van der Waals surface area contributed by atoms with Crippen molar-refractivity contribution in [3.05, 3.63) is 65.2 Å². The molecule has 1 N–H and O–H groups in total. The van der Waals surface area contributed by atoms with Gasteiger partial charge in [0.05, 0.1) is 0 Å². The summed E-state index contributed by atoms with van der Waals surface area (Å²) in [6.45, 7) is 7.61. The largest absolute Gasteiger partial charge is 0.382 e. The van der Waals surface area contributed by atoms with Crippen molar-refractivity contribution in [1.29, 1.82) is 0 Å². The van der Waals surface area contributed by atoms with Crippen LogP contribution >= 0.6 is 0 Å².